The number of nitrogen functional groups attached to an aromatic ring is 1. The van der Waals surface area contributed by atoms with Crippen molar-refractivity contribution in [1.82, 2.24) is 4.98 Å². The number of pyridine rings is 1. The minimum absolute atomic E-state index is 0.0555. The van der Waals surface area contributed by atoms with E-state index in [1.165, 1.54) is 0 Å². The van der Waals surface area contributed by atoms with Gasteiger partial charge in [-0.15, -0.1) is 0 Å². The van der Waals surface area contributed by atoms with Crippen LogP contribution in [0.3, 0.4) is 0 Å². The van der Waals surface area contributed by atoms with Crippen molar-refractivity contribution in [3.05, 3.63) is 23.9 Å². The van der Waals surface area contributed by atoms with Crippen molar-refractivity contribution >= 4 is 11.7 Å². The van der Waals surface area contributed by atoms with Gasteiger partial charge in [0.2, 0.25) is 0 Å². The van der Waals surface area contributed by atoms with Crippen LogP contribution in [0.5, 0.6) is 0 Å². The Morgan fingerprint density at radius 1 is 1.47 bits per heavy atom. The molecular weight excluding hydrogens is 216 g/mol. The standard InChI is InChI=1S/C12H18N4O/c1-8-6-16(7-9(2)17-8)12-10(11(13)14)4-3-5-15-12/h3-5,8-9H,6-7H2,1-2H3,(H3,13,14)/t8-,9+. The molecule has 1 saturated heterocycles. The normalized spacial score (nSPS) is 24.7. The molecule has 0 spiro atoms. The van der Waals surface area contributed by atoms with Crippen LogP contribution in [0.25, 0.3) is 0 Å². The summed E-state index contributed by atoms with van der Waals surface area (Å²) in [5, 5.41) is 7.58. The highest BCUT2D eigenvalue weighted by Crippen LogP contribution is 2.21. The quantitative estimate of drug-likeness (QED) is 0.591. The number of morpholine rings is 1. The molecule has 1 aromatic heterocycles. The van der Waals surface area contributed by atoms with Gasteiger partial charge in [-0.1, -0.05) is 0 Å². The van der Waals surface area contributed by atoms with Gasteiger partial charge in [0.1, 0.15) is 11.7 Å². The zero-order valence-corrected chi connectivity index (χ0v) is 10.2. The van der Waals surface area contributed by atoms with E-state index >= 15 is 0 Å². The lowest BCUT2D eigenvalue weighted by Gasteiger charge is -2.36. The summed E-state index contributed by atoms with van der Waals surface area (Å²) in [6.07, 6.45) is 2.06. The maximum Gasteiger partial charge on any atom is 0.139 e. The first-order chi connectivity index (χ1) is 8.08. The molecule has 1 aromatic rings. The minimum atomic E-state index is 0.0555. The molecule has 3 N–H and O–H groups in total. The summed E-state index contributed by atoms with van der Waals surface area (Å²) in [5.41, 5.74) is 6.26. The lowest BCUT2D eigenvalue weighted by Crippen LogP contribution is -2.46. The lowest BCUT2D eigenvalue weighted by molar-refractivity contribution is -0.00546. The Morgan fingerprint density at radius 3 is 2.71 bits per heavy atom. The molecule has 17 heavy (non-hydrogen) atoms. The maximum absolute atomic E-state index is 7.58. The van der Waals surface area contributed by atoms with Crippen LogP contribution in [0.15, 0.2) is 18.3 Å². The fourth-order valence-electron chi connectivity index (χ4n) is 2.21. The Balaban J connectivity index is 2.30. The van der Waals surface area contributed by atoms with Crippen LogP contribution in [0.4, 0.5) is 5.82 Å². The molecule has 2 rings (SSSR count). The SMILES string of the molecule is C[C@@H]1CN(c2ncccc2C(=N)N)C[C@H](C)O1. The van der Waals surface area contributed by atoms with Crippen LogP contribution in [0.2, 0.25) is 0 Å². The third kappa shape index (κ3) is 2.55. The molecule has 1 aliphatic rings. The average Bonchev–Trinajstić information content (AvgIpc) is 2.27. The van der Waals surface area contributed by atoms with Gasteiger partial charge >= 0.3 is 0 Å². The van der Waals surface area contributed by atoms with E-state index in [9.17, 15) is 0 Å². The smallest absolute Gasteiger partial charge is 0.139 e. The van der Waals surface area contributed by atoms with E-state index in [2.05, 4.69) is 9.88 Å². The molecule has 5 heteroatoms. The number of amidine groups is 1. The average molecular weight is 234 g/mol. The van der Waals surface area contributed by atoms with E-state index in [0.717, 1.165) is 18.9 Å². The van der Waals surface area contributed by atoms with Crippen LogP contribution in [-0.4, -0.2) is 36.1 Å². The van der Waals surface area contributed by atoms with Crippen LogP contribution < -0.4 is 10.6 Å². The highest BCUT2D eigenvalue weighted by atomic mass is 16.5. The summed E-state index contributed by atoms with van der Waals surface area (Å²) in [7, 11) is 0. The highest BCUT2D eigenvalue weighted by molar-refractivity contribution is 5.99. The number of anilines is 1. The Morgan fingerprint density at radius 2 is 2.12 bits per heavy atom. The van der Waals surface area contributed by atoms with Gasteiger partial charge in [-0.05, 0) is 26.0 Å². The van der Waals surface area contributed by atoms with Crippen molar-refractivity contribution in [2.45, 2.75) is 26.1 Å². The molecule has 0 aliphatic carbocycles. The molecule has 0 bridgehead atoms. The molecule has 2 atom stereocenters. The minimum Gasteiger partial charge on any atom is -0.384 e. The monoisotopic (exact) mass is 234 g/mol. The fourth-order valence-corrected chi connectivity index (χ4v) is 2.21. The van der Waals surface area contributed by atoms with Crippen LogP contribution in [-0.2, 0) is 4.74 Å². The number of rotatable bonds is 2. The Bertz CT molecular complexity index is 411. The van der Waals surface area contributed by atoms with Gasteiger partial charge < -0.3 is 15.4 Å². The second kappa shape index (κ2) is 4.71. The highest BCUT2D eigenvalue weighted by Gasteiger charge is 2.25. The number of hydrogen-bond acceptors (Lipinski definition) is 4. The second-order valence-corrected chi connectivity index (χ2v) is 4.45. The number of hydrogen-bond donors (Lipinski definition) is 2. The summed E-state index contributed by atoms with van der Waals surface area (Å²) >= 11 is 0. The van der Waals surface area contributed by atoms with Crippen molar-refractivity contribution in [2.24, 2.45) is 5.73 Å². The predicted octanol–water partition coefficient (Wildman–Crippen LogP) is 0.979. The van der Waals surface area contributed by atoms with Gasteiger partial charge in [0.15, 0.2) is 0 Å². The van der Waals surface area contributed by atoms with Crippen LogP contribution in [0.1, 0.15) is 19.4 Å². The first-order valence-electron chi connectivity index (χ1n) is 5.77. The van der Waals surface area contributed by atoms with Gasteiger partial charge in [0, 0.05) is 19.3 Å². The lowest BCUT2D eigenvalue weighted by atomic mass is 10.1. The molecule has 0 radical (unpaired) electrons. The van der Waals surface area contributed by atoms with Gasteiger partial charge in [-0.3, -0.25) is 5.41 Å². The van der Waals surface area contributed by atoms with Crippen molar-refractivity contribution in [3.63, 3.8) is 0 Å². The van der Waals surface area contributed by atoms with E-state index in [4.69, 9.17) is 15.9 Å². The Kier molecular flexibility index (Phi) is 3.28. The summed E-state index contributed by atoms with van der Waals surface area (Å²) in [5.74, 6) is 0.835. The summed E-state index contributed by atoms with van der Waals surface area (Å²) in [6, 6.07) is 3.63. The summed E-state index contributed by atoms with van der Waals surface area (Å²) in [6.45, 7) is 5.64. The molecular formula is C12H18N4O. The molecule has 0 unspecified atom stereocenters. The number of nitrogens with zero attached hydrogens (tertiary/aromatic N) is 2. The van der Waals surface area contributed by atoms with E-state index in [-0.39, 0.29) is 18.0 Å². The van der Waals surface area contributed by atoms with E-state index < -0.39 is 0 Å². The molecule has 1 fully saturated rings. The summed E-state index contributed by atoms with van der Waals surface area (Å²) in [4.78, 5) is 6.48. The Labute approximate surface area is 101 Å². The molecule has 0 amide bonds. The van der Waals surface area contributed by atoms with Crippen molar-refractivity contribution in [1.29, 1.82) is 5.41 Å². The van der Waals surface area contributed by atoms with E-state index in [1.54, 1.807) is 12.3 Å². The molecule has 1 aliphatic heterocycles. The molecule has 0 saturated carbocycles. The van der Waals surface area contributed by atoms with Crippen molar-refractivity contribution in [2.75, 3.05) is 18.0 Å². The van der Waals surface area contributed by atoms with Crippen LogP contribution >= 0.6 is 0 Å². The Hall–Kier alpha value is -1.62. The van der Waals surface area contributed by atoms with Crippen molar-refractivity contribution < 1.29 is 4.74 Å². The van der Waals surface area contributed by atoms with Gasteiger partial charge in [-0.2, -0.15) is 0 Å². The van der Waals surface area contributed by atoms with E-state index in [0.29, 0.717) is 5.56 Å². The van der Waals surface area contributed by atoms with Gasteiger partial charge in [0.25, 0.3) is 0 Å². The second-order valence-electron chi connectivity index (χ2n) is 4.45. The van der Waals surface area contributed by atoms with E-state index in [1.807, 2.05) is 19.9 Å². The van der Waals surface area contributed by atoms with Gasteiger partial charge in [-0.25, -0.2) is 4.98 Å². The third-order valence-corrected chi connectivity index (χ3v) is 2.80. The summed E-state index contributed by atoms with van der Waals surface area (Å²) < 4.78 is 5.68. The molecule has 2 heterocycles. The number of ether oxygens (including phenoxy) is 1. The predicted molar refractivity (Wildman–Crippen MR) is 67.5 cm³/mol. The molecule has 5 nitrogen and oxygen atoms in total. The molecule has 0 aromatic carbocycles. The fraction of sp³-hybridized carbons (Fsp3) is 0.500. The van der Waals surface area contributed by atoms with Gasteiger partial charge in [0.05, 0.1) is 17.8 Å². The number of nitrogens with two attached hydrogens (primary N) is 1. The zero-order valence-electron chi connectivity index (χ0n) is 10.2. The zero-order chi connectivity index (χ0) is 12.4. The number of nitrogens with one attached hydrogen (secondary N) is 1. The first-order valence-corrected chi connectivity index (χ1v) is 5.77. The largest absolute Gasteiger partial charge is 0.384 e. The molecule has 92 valence electrons. The topological polar surface area (TPSA) is 75.2 Å². The maximum atomic E-state index is 7.58. The van der Waals surface area contributed by atoms with Crippen molar-refractivity contribution in [3.8, 4) is 0 Å². The first kappa shape index (κ1) is 11.9. The number of aromatic nitrogens is 1. The third-order valence-electron chi connectivity index (χ3n) is 2.80. The van der Waals surface area contributed by atoms with Crippen LogP contribution in [0, 0.1) is 5.41 Å².